The van der Waals surface area contributed by atoms with E-state index in [1.54, 1.807) is 0 Å². The van der Waals surface area contributed by atoms with Crippen molar-refractivity contribution in [2.75, 3.05) is 0 Å². The Morgan fingerprint density at radius 2 is 2.31 bits per heavy atom. The molecule has 0 aromatic heterocycles. The van der Waals surface area contributed by atoms with Crippen molar-refractivity contribution < 1.29 is 14.3 Å². The van der Waals surface area contributed by atoms with E-state index in [1.165, 1.54) is 6.07 Å². The van der Waals surface area contributed by atoms with E-state index in [0.717, 1.165) is 18.2 Å². The molecule has 0 saturated heterocycles. The van der Waals surface area contributed by atoms with E-state index in [4.69, 9.17) is 22.2 Å². The van der Waals surface area contributed by atoms with Crippen LogP contribution in [0.3, 0.4) is 0 Å². The zero-order valence-corrected chi connectivity index (χ0v) is 8.52. The Hall–Kier alpha value is -2.04. The predicted molar refractivity (Wildman–Crippen MR) is 56.2 cm³/mol. The summed E-state index contributed by atoms with van der Waals surface area (Å²) in [6.45, 7) is 0. The third-order valence-electron chi connectivity index (χ3n) is 1.62. The number of hydrogen-bond acceptors (Lipinski definition) is 2. The summed E-state index contributed by atoms with van der Waals surface area (Å²) in [4.78, 5) is 13.0. The van der Waals surface area contributed by atoms with E-state index < -0.39 is 17.5 Å². The topological polar surface area (TPSA) is 86.1 Å². The molecule has 0 unspecified atom stereocenters. The van der Waals surface area contributed by atoms with Crippen molar-refractivity contribution in [2.24, 2.45) is 5.11 Å². The Morgan fingerprint density at radius 3 is 2.88 bits per heavy atom. The van der Waals surface area contributed by atoms with Crippen LogP contribution >= 0.6 is 11.6 Å². The number of carboxylic acid groups (broad SMARTS) is 1. The summed E-state index contributed by atoms with van der Waals surface area (Å²) >= 11 is 5.71. The van der Waals surface area contributed by atoms with Crippen LogP contribution in [0.15, 0.2) is 29.0 Å². The fourth-order valence-corrected chi connectivity index (χ4v) is 1.13. The summed E-state index contributed by atoms with van der Waals surface area (Å²) < 4.78 is 12.8. The molecule has 7 heteroatoms. The Morgan fingerprint density at radius 1 is 1.62 bits per heavy atom. The van der Waals surface area contributed by atoms with Gasteiger partial charge >= 0.3 is 5.97 Å². The number of halogens is 2. The molecule has 5 nitrogen and oxygen atoms in total. The SMILES string of the molecule is [N-]=[N+]=N/C(=C\c1cc(F)ccc1Cl)C(=O)O. The number of carboxylic acids is 1. The van der Waals surface area contributed by atoms with Gasteiger partial charge in [-0.05, 0) is 35.4 Å². The van der Waals surface area contributed by atoms with Gasteiger partial charge in [-0.2, -0.15) is 0 Å². The van der Waals surface area contributed by atoms with E-state index in [0.29, 0.717) is 0 Å². The van der Waals surface area contributed by atoms with Gasteiger partial charge in [-0.25, -0.2) is 9.18 Å². The maximum atomic E-state index is 12.8. The maximum Gasteiger partial charge on any atom is 0.338 e. The van der Waals surface area contributed by atoms with Crippen molar-refractivity contribution in [2.45, 2.75) is 0 Å². The van der Waals surface area contributed by atoms with Crippen molar-refractivity contribution in [1.82, 2.24) is 0 Å². The molecule has 1 aromatic carbocycles. The number of aliphatic carboxylic acids is 1. The molecule has 0 saturated carbocycles. The molecule has 1 aromatic rings. The Balaban J connectivity index is 3.27. The number of azide groups is 1. The van der Waals surface area contributed by atoms with Gasteiger partial charge < -0.3 is 5.11 Å². The molecule has 0 aliphatic carbocycles. The molecule has 82 valence electrons. The largest absolute Gasteiger partial charge is 0.478 e. The first-order chi connectivity index (χ1) is 7.54. The summed E-state index contributed by atoms with van der Waals surface area (Å²) in [5, 5.41) is 11.8. The van der Waals surface area contributed by atoms with Gasteiger partial charge in [0.2, 0.25) is 0 Å². The standard InChI is InChI=1S/C9H5ClFN3O2/c10-7-2-1-6(11)3-5(7)4-8(9(15)16)13-14-12/h1-4H,(H,15,16)/b8-4-. The van der Waals surface area contributed by atoms with Crippen molar-refractivity contribution in [3.05, 3.63) is 50.7 Å². The van der Waals surface area contributed by atoms with Crippen molar-refractivity contribution in [3.63, 3.8) is 0 Å². The molecular formula is C9H5ClFN3O2. The van der Waals surface area contributed by atoms with Crippen molar-refractivity contribution >= 4 is 23.6 Å². The first kappa shape index (κ1) is 12.0. The van der Waals surface area contributed by atoms with Gasteiger partial charge in [0.25, 0.3) is 0 Å². The minimum atomic E-state index is -1.42. The quantitative estimate of drug-likeness (QED) is 0.381. The highest BCUT2D eigenvalue weighted by atomic mass is 35.5. The smallest absolute Gasteiger partial charge is 0.338 e. The lowest BCUT2D eigenvalue weighted by Crippen LogP contribution is -1.96. The van der Waals surface area contributed by atoms with Gasteiger partial charge in [0.05, 0.1) is 0 Å². The van der Waals surface area contributed by atoms with Crippen LogP contribution in [-0.4, -0.2) is 11.1 Å². The van der Waals surface area contributed by atoms with Crippen LogP contribution in [0.4, 0.5) is 4.39 Å². The van der Waals surface area contributed by atoms with E-state index in [-0.39, 0.29) is 10.6 Å². The monoisotopic (exact) mass is 241 g/mol. The van der Waals surface area contributed by atoms with E-state index in [9.17, 15) is 9.18 Å². The van der Waals surface area contributed by atoms with Gasteiger partial charge in [0.1, 0.15) is 11.5 Å². The fourth-order valence-electron chi connectivity index (χ4n) is 0.954. The third kappa shape index (κ3) is 2.98. The molecule has 1 rings (SSSR count). The third-order valence-corrected chi connectivity index (χ3v) is 1.97. The van der Waals surface area contributed by atoms with Gasteiger partial charge in [0, 0.05) is 9.93 Å². The first-order valence-corrected chi connectivity index (χ1v) is 4.37. The molecule has 0 aliphatic rings. The van der Waals surface area contributed by atoms with Crippen LogP contribution in [0.25, 0.3) is 16.5 Å². The highest BCUT2D eigenvalue weighted by Gasteiger charge is 2.07. The maximum absolute atomic E-state index is 12.8. The second kappa shape index (κ2) is 5.16. The summed E-state index contributed by atoms with van der Waals surface area (Å²) in [6, 6.07) is 3.45. The Kier molecular flexibility index (Phi) is 3.88. The Labute approximate surface area is 94.4 Å². The average Bonchev–Trinajstić information content (AvgIpc) is 2.22. The average molecular weight is 242 g/mol. The summed E-state index contributed by atoms with van der Waals surface area (Å²) in [5.41, 5.74) is 7.71. The molecule has 0 radical (unpaired) electrons. The first-order valence-electron chi connectivity index (χ1n) is 3.99. The minimum Gasteiger partial charge on any atom is -0.478 e. The van der Waals surface area contributed by atoms with Crippen LogP contribution in [0.2, 0.25) is 5.02 Å². The normalized spacial score (nSPS) is 10.8. The Bertz CT molecular complexity index is 505. The highest BCUT2D eigenvalue weighted by Crippen LogP contribution is 2.20. The van der Waals surface area contributed by atoms with Crippen LogP contribution in [0.5, 0.6) is 0 Å². The predicted octanol–water partition coefficient (Wildman–Crippen LogP) is 3.21. The molecule has 0 aliphatic heterocycles. The molecule has 0 heterocycles. The lowest BCUT2D eigenvalue weighted by atomic mass is 10.2. The van der Waals surface area contributed by atoms with Gasteiger partial charge in [-0.1, -0.05) is 16.7 Å². The van der Waals surface area contributed by atoms with Crippen LogP contribution in [0.1, 0.15) is 5.56 Å². The van der Waals surface area contributed by atoms with E-state index >= 15 is 0 Å². The molecule has 0 bridgehead atoms. The summed E-state index contributed by atoms with van der Waals surface area (Å²) in [7, 11) is 0. The molecular weight excluding hydrogens is 237 g/mol. The number of rotatable bonds is 3. The van der Waals surface area contributed by atoms with E-state index in [1.807, 2.05) is 0 Å². The summed E-state index contributed by atoms with van der Waals surface area (Å²) in [5.74, 6) is -1.99. The van der Waals surface area contributed by atoms with Crippen LogP contribution in [0, 0.1) is 5.82 Å². The lowest BCUT2D eigenvalue weighted by Gasteiger charge is -1.99. The van der Waals surface area contributed by atoms with Crippen molar-refractivity contribution in [1.29, 1.82) is 0 Å². The zero-order valence-electron chi connectivity index (χ0n) is 7.76. The molecule has 0 spiro atoms. The number of carbonyl (C=O) groups is 1. The van der Waals surface area contributed by atoms with Gasteiger partial charge in [0.15, 0.2) is 0 Å². The van der Waals surface area contributed by atoms with Crippen LogP contribution < -0.4 is 0 Å². The second-order valence-electron chi connectivity index (χ2n) is 2.69. The fraction of sp³-hybridized carbons (Fsp3) is 0. The number of benzene rings is 1. The molecule has 0 amide bonds. The van der Waals surface area contributed by atoms with Gasteiger partial charge in [-0.15, -0.1) is 0 Å². The highest BCUT2D eigenvalue weighted by molar-refractivity contribution is 6.32. The molecule has 0 atom stereocenters. The molecule has 1 N–H and O–H groups in total. The second-order valence-corrected chi connectivity index (χ2v) is 3.10. The number of hydrogen-bond donors (Lipinski definition) is 1. The molecule has 16 heavy (non-hydrogen) atoms. The molecule has 0 fully saturated rings. The minimum absolute atomic E-state index is 0.131. The summed E-state index contributed by atoms with van der Waals surface area (Å²) in [6.07, 6.45) is 0.994. The van der Waals surface area contributed by atoms with Gasteiger partial charge in [-0.3, -0.25) is 0 Å². The van der Waals surface area contributed by atoms with E-state index in [2.05, 4.69) is 10.0 Å². The lowest BCUT2D eigenvalue weighted by molar-refractivity contribution is -0.132. The zero-order chi connectivity index (χ0) is 12.1. The van der Waals surface area contributed by atoms with Crippen LogP contribution in [-0.2, 0) is 4.79 Å². The van der Waals surface area contributed by atoms with Crippen molar-refractivity contribution in [3.8, 4) is 0 Å². The number of nitrogens with zero attached hydrogens (tertiary/aromatic N) is 3.